The van der Waals surface area contributed by atoms with Gasteiger partial charge in [0.05, 0.1) is 0 Å². The average Bonchev–Trinajstić information content (AvgIpc) is 2.36. The number of hydrogen-bond donors (Lipinski definition) is 0. The third-order valence-corrected chi connectivity index (χ3v) is 3.46. The lowest BCUT2D eigenvalue weighted by molar-refractivity contribution is 0.112. The van der Waals surface area contributed by atoms with Gasteiger partial charge >= 0.3 is 0 Å². The highest BCUT2D eigenvalue weighted by Gasteiger charge is 2.10. The van der Waals surface area contributed by atoms with E-state index in [0.717, 1.165) is 11.8 Å². The van der Waals surface area contributed by atoms with Gasteiger partial charge in [0.1, 0.15) is 6.29 Å². The van der Waals surface area contributed by atoms with Crippen molar-refractivity contribution in [2.24, 2.45) is 0 Å². The Morgan fingerprint density at radius 1 is 0.944 bits per heavy atom. The van der Waals surface area contributed by atoms with Crippen LogP contribution in [0.2, 0.25) is 0 Å². The van der Waals surface area contributed by atoms with Gasteiger partial charge in [-0.25, -0.2) is 0 Å². The lowest BCUT2D eigenvalue weighted by Crippen LogP contribution is -1.96. The molecule has 1 heteroatoms. The quantitative estimate of drug-likeness (QED) is 0.697. The molecule has 94 valence electrons. The Kier molecular flexibility index (Phi) is 3.51. The predicted octanol–water partition coefficient (Wildman–Crippen LogP) is 4.90. The Morgan fingerprint density at radius 3 is 2.22 bits per heavy atom. The number of hydrogen-bond acceptors (Lipinski definition) is 1. The molecule has 0 aromatic heterocycles. The van der Waals surface area contributed by atoms with E-state index in [9.17, 15) is 4.79 Å². The molecular weight excluding hydrogens is 220 g/mol. The maximum absolute atomic E-state index is 10.9. The van der Waals surface area contributed by atoms with Crippen LogP contribution < -0.4 is 0 Å². The summed E-state index contributed by atoms with van der Waals surface area (Å²) < 4.78 is 0. The third kappa shape index (κ3) is 2.31. The fourth-order valence-corrected chi connectivity index (χ4v) is 2.31. The van der Waals surface area contributed by atoms with E-state index in [0.29, 0.717) is 11.8 Å². The highest BCUT2D eigenvalue weighted by Crippen LogP contribution is 2.30. The molecule has 0 saturated heterocycles. The minimum atomic E-state index is 0.466. The number of carbonyl (C=O) groups is 1. The van der Waals surface area contributed by atoms with Crippen molar-refractivity contribution in [3.8, 4) is 0 Å². The Labute approximate surface area is 109 Å². The summed E-state index contributed by atoms with van der Waals surface area (Å²) in [7, 11) is 0. The number of carbonyl (C=O) groups excluding carboxylic acids is 1. The Morgan fingerprint density at radius 2 is 1.67 bits per heavy atom. The van der Waals surface area contributed by atoms with Crippen molar-refractivity contribution in [2.45, 2.75) is 39.5 Å². The average molecular weight is 240 g/mol. The van der Waals surface area contributed by atoms with E-state index in [1.54, 1.807) is 0 Å². The summed E-state index contributed by atoms with van der Waals surface area (Å²) in [5.41, 5.74) is 3.45. The molecule has 0 heterocycles. The highest BCUT2D eigenvalue weighted by molar-refractivity contribution is 5.92. The summed E-state index contributed by atoms with van der Waals surface area (Å²) in [4.78, 5) is 10.9. The van der Waals surface area contributed by atoms with Crippen LogP contribution in [-0.4, -0.2) is 6.29 Å². The number of benzene rings is 2. The molecule has 0 N–H and O–H groups in total. The fraction of sp³-hybridized carbons (Fsp3) is 0.353. The Bertz CT molecular complexity index is 579. The van der Waals surface area contributed by atoms with E-state index < -0.39 is 0 Å². The molecule has 0 aliphatic heterocycles. The summed E-state index contributed by atoms with van der Waals surface area (Å²) >= 11 is 0. The van der Waals surface area contributed by atoms with Gasteiger partial charge in [-0.2, -0.15) is 0 Å². The highest BCUT2D eigenvalue weighted by atomic mass is 16.1. The molecule has 0 fully saturated rings. The van der Waals surface area contributed by atoms with Crippen LogP contribution in [0.3, 0.4) is 0 Å². The Hall–Kier alpha value is -1.63. The first-order chi connectivity index (χ1) is 8.52. The van der Waals surface area contributed by atoms with Crippen molar-refractivity contribution < 1.29 is 4.79 Å². The summed E-state index contributed by atoms with van der Waals surface area (Å²) in [6, 6.07) is 10.5. The molecule has 1 nitrogen and oxygen atoms in total. The van der Waals surface area contributed by atoms with E-state index in [-0.39, 0.29) is 0 Å². The van der Waals surface area contributed by atoms with Gasteiger partial charge in [0, 0.05) is 5.56 Å². The van der Waals surface area contributed by atoms with E-state index in [1.165, 1.54) is 21.9 Å². The summed E-state index contributed by atoms with van der Waals surface area (Å²) in [6.45, 7) is 8.83. The second-order valence-electron chi connectivity index (χ2n) is 5.52. The van der Waals surface area contributed by atoms with E-state index >= 15 is 0 Å². The molecule has 0 spiro atoms. The molecule has 0 radical (unpaired) electrons. The molecule has 2 rings (SSSR count). The first kappa shape index (κ1) is 12.8. The lowest BCUT2D eigenvalue weighted by Gasteiger charge is -2.15. The number of fused-ring (bicyclic) bond motifs is 1. The van der Waals surface area contributed by atoms with Crippen LogP contribution in [-0.2, 0) is 0 Å². The molecule has 0 aliphatic carbocycles. The molecule has 0 unspecified atom stereocenters. The number of aldehydes is 1. The van der Waals surface area contributed by atoms with Crippen molar-refractivity contribution in [1.82, 2.24) is 0 Å². The SMILES string of the molecule is CC(C)c1cc(C(C)C)c2cc(C=O)ccc2c1. The Balaban J connectivity index is 2.76. The van der Waals surface area contributed by atoms with E-state index in [1.807, 2.05) is 12.1 Å². The predicted molar refractivity (Wildman–Crippen MR) is 77.5 cm³/mol. The van der Waals surface area contributed by atoms with Crippen molar-refractivity contribution in [3.05, 3.63) is 47.0 Å². The van der Waals surface area contributed by atoms with Crippen LogP contribution in [0.5, 0.6) is 0 Å². The molecule has 0 bridgehead atoms. The number of rotatable bonds is 3. The van der Waals surface area contributed by atoms with Crippen LogP contribution in [0.1, 0.15) is 61.0 Å². The van der Waals surface area contributed by atoms with Crippen molar-refractivity contribution in [2.75, 3.05) is 0 Å². The maximum atomic E-state index is 10.9. The zero-order chi connectivity index (χ0) is 13.3. The van der Waals surface area contributed by atoms with Crippen LogP contribution in [0.15, 0.2) is 30.3 Å². The standard InChI is InChI=1S/C17H20O/c1-11(2)15-8-14-6-5-13(10-18)7-17(14)16(9-15)12(3)4/h5-12H,1-4H3. The van der Waals surface area contributed by atoms with Gasteiger partial charge in [0.15, 0.2) is 0 Å². The first-order valence-corrected chi connectivity index (χ1v) is 6.55. The van der Waals surface area contributed by atoms with E-state index in [2.05, 4.69) is 45.9 Å². The zero-order valence-electron chi connectivity index (χ0n) is 11.5. The van der Waals surface area contributed by atoms with E-state index in [4.69, 9.17) is 0 Å². The van der Waals surface area contributed by atoms with Crippen molar-refractivity contribution in [1.29, 1.82) is 0 Å². The first-order valence-electron chi connectivity index (χ1n) is 6.55. The maximum Gasteiger partial charge on any atom is 0.150 e. The fourth-order valence-electron chi connectivity index (χ4n) is 2.31. The normalized spacial score (nSPS) is 11.4. The van der Waals surface area contributed by atoms with Crippen LogP contribution in [0.25, 0.3) is 10.8 Å². The zero-order valence-corrected chi connectivity index (χ0v) is 11.5. The van der Waals surface area contributed by atoms with Gasteiger partial charge in [-0.3, -0.25) is 4.79 Å². The molecule has 18 heavy (non-hydrogen) atoms. The van der Waals surface area contributed by atoms with Crippen molar-refractivity contribution >= 4 is 17.1 Å². The molecule has 0 saturated carbocycles. The van der Waals surface area contributed by atoms with Gasteiger partial charge in [-0.15, -0.1) is 0 Å². The lowest BCUT2D eigenvalue weighted by atomic mass is 9.90. The van der Waals surface area contributed by atoms with Crippen LogP contribution in [0.4, 0.5) is 0 Å². The largest absolute Gasteiger partial charge is 0.298 e. The van der Waals surface area contributed by atoms with Gasteiger partial charge < -0.3 is 0 Å². The monoisotopic (exact) mass is 240 g/mol. The summed E-state index contributed by atoms with van der Waals surface area (Å²) in [5, 5.41) is 2.44. The van der Waals surface area contributed by atoms with Crippen LogP contribution >= 0.6 is 0 Å². The molecule has 2 aromatic carbocycles. The van der Waals surface area contributed by atoms with Gasteiger partial charge in [-0.05, 0) is 39.8 Å². The van der Waals surface area contributed by atoms with Gasteiger partial charge in [-0.1, -0.05) is 52.0 Å². The summed E-state index contributed by atoms with van der Waals surface area (Å²) in [6.07, 6.45) is 0.917. The molecule has 0 amide bonds. The third-order valence-electron chi connectivity index (χ3n) is 3.46. The minimum absolute atomic E-state index is 0.466. The van der Waals surface area contributed by atoms with Crippen molar-refractivity contribution in [3.63, 3.8) is 0 Å². The molecular formula is C17H20O. The minimum Gasteiger partial charge on any atom is -0.298 e. The van der Waals surface area contributed by atoms with Gasteiger partial charge in [0.2, 0.25) is 0 Å². The molecule has 2 aromatic rings. The topological polar surface area (TPSA) is 17.1 Å². The van der Waals surface area contributed by atoms with Crippen LogP contribution in [0, 0.1) is 0 Å². The second kappa shape index (κ2) is 4.93. The smallest absolute Gasteiger partial charge is 0.150 e. The molecule has 0 aliphatic rings. The summed E-state index contributed by atoms with van der Waals surface area (Å²) in [5.74, 6) is 0.991. The molecule has 0 atom stereocenters. The second-order valence-corrected chi connectivity index (χ2v) is 5.52. The van der Waals surface area contributed by atoms with Gasteiger partial charge in [0.25, 0.3) is 0 Å².